The Kier molecular flexibility index (Phi) is 3.73. The van der Waals surface area contributed by atoms with Gasteiger partial charge in [0.2, 0.25) is 0 Å². The van der Waals surface area contributed by atoms with Crippen LogP contribution < -0.4 is 0 Å². The van der Waals surface area contributed by atoms with Gasteiger partial charge in [-0.25, -0.2) is 0 Å². The van der Waals surface area contributed by atoms with Crippen LogP contribution in [-0.4, -0.2) is 30.3 Å². The Morgan fingerprint density at radius 1 is 1.31 bits per heavy atom. The zero-order chi connectivity index (χ0) is 11.4. The Morgan fingerprint density at radius 3 is 2.88 bits per heavy atom. The normalized spacial score (nSPS) is 17.7. The van der Waals surface area contributed by atoms with E-state index in [1.807, 2.05) is 0 Å². The lowest BCUT2D eigenvalue weighted by Crippen LogP contribution is -2.36. The lowest BCUT2D eigenvalue weighted by atomic mass is 10.0. The predicted octanol–water partition coefficient (Wildman–Crippen LogP) is 2.20. The topological polar surface area (TPSA) is 20.3 Å². The van der Waals surface area contributed by atoms with Crippen LogP contribution in [0.2, 0.25) is 0 Å². The van der Waals surface area contributed by atoms with Crippen LogP contribution in [0.5, 0.6) is 0 Å². The van der Waals surface area contributed by atoms with Crippen molar-refractivity contribution >= 4 is 5.78 Å². The third-order valence-electron chi connectivity index (χ3n) is 3.29. The maximum atomic E-state index is 11.3. The summed E-state index contributed by atoms with van der Waals surface area (Å²) in [7, 11) is 0. The van der Waals surface area contributed by atoms with E-state index in [0.29, 0.717) is 12.3 Å². The Morgan fingerprint density at radius 2 is 2.12 bits per heavy atom. The second-order valence-corrected chi connectivity index (χ2v) is 4.59. The van der Waals surface area contributed by atoms with Crippen molar-refractivity contribution in [3.8, 4) is 0 Å². The van der Waals surface area contributed by atoms with E-state index in [4.69, 9.17) is 0 Å². The van der Waals surface area contributed by atoms with Gasteiger partial charge in [0.25, 0.3) is 0 Å². The number of hydrogen-bond acceptors (Lipinski definition) is 2. The van der Waals surface area contributed by atoms with Gasteiger partial charge in [0.1, 0.15) is 5.78 Å². The summed E-state index contributed by atoms with van der Waals surface area (Å²) in [5.41, 5.74) is 2.76. The molecule has 1 aliphatic rings. The molecule has 1 fully saturated rings. The molecule has 2 heteroatoms. The molecule has 0 amide bonds. The lowest BCUT2D eigenvalue weighted by molar-refractivity contribution is -0.122. The molecule has 2 rings (SSSR count). The van der Waals surface area contributed by atoms with Crippen LogP contribution in [0.3, 0.4) is 0 Å². The van der Waals surface area contributed by atoms with Gasteiger partial charge in [0, 0.05) is 13.0 Å². The molecule has 0 bridgehead atoms. The zero-order valence-electron chi connectivity index (χ0n) is 9.91. The first-order valence-electron chi connectivity index (χ1n) is 6.04. The first kappa shape index (κ1) is 11.3. The van der Waals surface area contributed by atoms with E-state index in [1.165, 1.54) is 11.1 Å². The Balaban J connectivity index is 1.87. The van der Waals surface area contributed by atoms with E-state index in [2.05, 4.69) is 36.1 Å². The van der Waals surface area contributed by atoms with Crippen molar-refractivity contribution in [3.05, 3.63) is 35.4 Å². The fourth-order valence-corrected chi connectivity index (χ4v) is 2.27. The van der Waals surface area contributed by atoms with Crippen molar-refractivity contribution < 1.29 is 4.79 Å². The van der Waals surface area contributed by atoms with Crippen LogP contribution in [0.4, 0.5) is 0 Å². The number of piperidine rings is 1. The molecule has 1 aliphatic heterocycles. The number of rotatable bonds is 3. The molecule has 0 aromatic heterocycles. The van der Waals surface area contributed by atoms with Gasteiger partial charge in [-0.05, 0) is 37.4 Å². The van der Waals surface area contributed by atoms with Crippen molar-refractivity contribution in [3.63, 3.8) is 0 Å². The summed E-state index contributed by atoms with van der Waals surface area (Å²) in [5, 5.41) is 0. The fraction of sp³-hybridized carbons (Fsp3) is 0.500. The minimum atomic E-state index is 0.399. The molecule has 16 heavy (non-hydrogen) atoms. The summed E-state index contributed by atoms with van der Waals surface area (Å²) in [4.78, 5) is 13.6. The number of carbonyl (C=O) groups excluding carboxylic acids is 1. The van der Waals surface area contributed by atoms with Crippen LogP contribution in [0, 0.1) is 6.92 Å². The molecular weight excluding hydrogens is 198 g/mol. The fourth-order valence-electron chi connectivity index (χ4n) is 2.27. The number of benzene rings is 1. The van der Waals surface area contributed by atoms with E-state index >= 15 is 0 Å². The third kappa shape index (κ3) is 2.92. The van der Waals surface area contributed by atoms with E-state index in [0.717, 1.165) is 32.4 Å². The first-order valence-corrected chi connectivity index (χ1v) is 6.04. The highest BCUT2D eigenvalue weighted by Crippen LogP contribution is 2.11. The van der Waals surface area contributed by atoms with Crippen LogP contribution in [0.15, 0.2) is 24.3 Å². The molecule has 0 atom stereocenters. The average molecular weight is 217 g/mol. The largest absolute Gasteiger partial charge is 0.298 e. The molecular formula is C14H19NO. The number of carbonyl (C=O) groups is 1. The summed E-state index contributed by atoms with van der Waals surface area (Å²) in [6, 6.07) is 8.49. The highest BCUT2D eigenvalue weighted by molar-refractivity contribution is 5.81. The second-order valence-electron chi connectivity index (χ2n) is 4.59. The summed E-state index contributed by atoms with van der Waals surface area (Å²) in [6.07, 6.45) is 2.87. The van der Waals surface area contributed by atoms with Crippen molar-refractivity contribution in [2.45, 2.75) is 26.2 Å². The Labute approximate surface area is 97.3 Å². The molecule has 1 aromatic carbocycles. The molecule has 0 aliphatic carbocycles. The van der Waals surface area contributed by atoms with Crippen molar-refractivity contribution in [1.82, 2.24) is 4.90 Å². The van der Waals surface area contributed by atoms with E-state index in [1.54, 1.807) is 0 Å². The van der Waals surface area contributed by atoms with Crippen LogP contribution in [0.1, 0.15) is 24.0 Å². The Hall–Kier alpha value is -1.15. The molecule has 86 valence electrons. The number of hydrogen-bond donors (Lipinski definition) is 0. The average Bonchev–Trinajstić information content (AvgIpc) is 2.28. The number of ketones is 1. The zero-order valence-corrected chi connectivity index (χ0v) is 9.91. The summed E-state index contributed by atoms with van der Waals surface area (Å²) < 4.78 is 0. The first-order chi connectivity index (χ1) is 7.75. The Bertz CT molecular complexity index is 373. The summed E-state index contributed by atoms with van der Waals surface area (Å²) in [5.74, 6) is 0.399. The van der Waals surface area contributed by atoms with E-state index < -0.39 is 0 Å². The molecule has 1 saturated heterocycles. The third-order valence-corrected chi connectivity index (χ3v) is 3.29. The summed E-state index contributed by atoms with van der Waals surface area (Å²) >= 11 is 0. The molecule has 0 N–H and O–H groups in total. The number of aryl methyl sites for hydroxylation is 1. The molecule has 0 unspecified atom stereocenters. The summed E-state index contributed by atoms with van der Waals surface area (Å²) in [6.45, 7) is 4.90. The molecule has 0 saturated carbocycles. The molecule has 1 heterocycles. The predicted molar refractivity (Wildman–Crippen MR) is 65.6 cm³/mol. The van der Waals surface area contributed by atoms with Crippen LogP contribution >= 0.6 is 0 Å². The van der Waals surface area contributed by atoms with Gasteiger partial charge in [-0.2, -0.15) is 0 Å². The van der Waals surface area contributed by atoms with Crippen molar-refractivity contribution in [2.75, 3.05) is 19.6 Å². The molecule has 1 aromatic rings. The van der Waals surface area contributed by atoms with Crippen LogP contribution in [0.25, 0.3) is 0 Å². The number of Topliss-reactive ketones (excluding diaryl/α,β-unsaturated/α-hetero) is 1. The van der Waals surface area contributed by atoms with Crippen molar-refractivity contribution in [2.24, 2.45) is 0 Å². The van der Waals surface area contributed by atoms with Gasteiger partial charge in [-0.15, -0.1) is 0 Å². The van der Waals surface area contributed by atoms with Gasteiger partial charge in [0.05, 0.1) is 6.54 Å². The highest BCUT2D eigenvalue weighted by atomic mass is 16.1. The van der Waals surface area contributed by atoms with Crippen LogP contribution in [-0.2, 0) is 11.2 Å². The lowest BCUT2D eigenvalue weighted by Gasteiger charge is -2.25. The minimum absolute atomic E-state index is 0.399. The SMILES string of the molecule is Cc1ccccc1CCN1CCCC(=O)C1. The van der Waals surface area contributed by atoms with E-state index in [9.17, 15) is 4.79 Å². The van der Waals surface area contributed by atoms with Gasteiger partial charge >= 0.3 is 0 Å². The second kappa shape index (κ2) is 5.26. The number of likely N-dealkylation sites (tertiary alicyclic amines) is 1. The minimum Gasteiger partial charge on any atom is -0.298 e. The quantitative estimate of drug-likeness (QED) is 0.773. The van der Waals surface area contributed by atoms with E-state index in [-0.39, 0.29) is 0 Å². The monoisotopic (exact) mass is 217 g/mol. The molecule has 0 radical (unpaired) electrons. The van der Waals surface area contributed by atoms with Gasteiger partial charge < -0.3 is 0 Å². The smallest absolute Gasteiger partial charge is 0.146 e. The maximum Gasteiger partial charge on any atom is 0.146 e. The maximum absolute atomic E-state index is 11.3. The van der Waals surface area contributed by atoms with Gasteiger partial charge in [0.15, 0.2) is 0 Å². The molecule has 2 nitrogen and oxygen atoms in total. The highest BCUT2D eigenvalue weighted by Gasteiger charge is 2.16. The molecule has 0 spiro atoms. The van der Waals surface area contributed by atoms with Gasteiger partial charge in [-0.1, -0.05) is 24.3 Å². The number of nitrogens with zero attached hydrogens (tertiary/aromatic N) is 1. The standard InChI is InChI=1S/C14H19NO/c1-12-5-2-3-6-13(12)8-10-15-9-4-7-14(16)11-15/h2-3,5-6H,4,7-11H2,1H3. The van der Waals surface area contributed by atoms with Crippen molar-refractivity contribution in [1.29, 1.82) is 0 Å². The van der Waals surface area contributed by atoms with Gasteiger partial charge in [-0.3, -0.25) is 9.69 Å².